The van der Waals surface area contributed by atoms with Gasteiger partial charge in [-0.25, -0.2) is 0 Å². The predicted molar refractivity (Wildman–Crippen MR) is 61.5 cm³/mol. The first-order chi connectivity index (χ1) is 7.71. The van der Waals surface area contributed by atoms with Crippen LogP contribution in [0.4, 0.5) is 0 Å². The molecule has 0 radical (unpaired) electrons. The summed E-state index contributed by atoms with van der Waals surface area (Å²) in [6.07, 6.45) is 0. The first kappa shape index (κ1) is 12.3. The first-order valence-electron chi connectivity index (χ1n) is 5.05. The third-order valence-corrected chi connectivity index (χ3v) is 2.28. The molecule has 1 unspecified atom stereocenters. The van der Waals surface area contributed by atoms with Crippen LogP contribution in [-0.2, 0) is 6.54 Å². The van der Waals surface area contributed by atoms with Gasteiger partial charge in [0.15, 0.2) is 0 Å². The molecule has 1 aromatic carbocycles. The van der Waals surface area contributed by atoms with E-state index in [-0.39, 0.29) is 6.04 Å². The highest BCUT2D eigenvalue weighted by molar-refractivity contribution is 5.40. The number of nitrogens with zero attached hydrogens (tertiary/aromatic N) is 1. The lowest BCUT2D eigenvalue weighted by molar-refractivity contribution is 0.396. The van der Waals surface area contributed by atoms with Crippen LogP contribution in [0.1, 0.15) is 12.5 Å². The van der Waals surface area contributed by atoms with Crippen molar-refractivity contribution in [2.24, 2.45) is 0 Å². The summed E-state index contributed by atoms with van der Waals surface area (Å²) in [5.74, 6) is 1.57. The number of rotatable bonds is 5. The van der Waals surface area contributed by atoms with Crippen molar-refractivity contribution in [2.75, 3.05) is 14.2 Å². The van der Waals surface area contributed by atoms with Crippen LogP contribution in [0.5, 0.6) is 11.5 Å². The van der Waals surface area contributed by atoms with E-state index in [0.29, 0.717) is 6.54 Å². The molecule has 0 bridgehead atoms. The molecule has 86 valence electrons. The second-order valence-electron chi connectivity index (χ2n) is 3.41. The molecule has 4 heteroatoms. The van der Waals surface area contributed by atoms with Crippen molar-refractivity contribution >= 4 is 0 Å². The largest absolute Gasteiger partial charge is 0.497 e. The Hall–Kier alpha value is -1.73. The first-order valence-corrected chi connectivity index (χ1v) is 5.05. The molecule has 0 fully saturated rings. The van der Waals surface area contributed by atoms with Gasteiger partial charge in [0.1, 0.15) is 11.5 Å². The van der Waals surface area contributed by atoms with E-state index in [1.807, 2.05) is 25.1 Å². The molecule has 0 aliphatic carbocycles. The second kappa shape index (κ2) is 5.99. The quantitative estimate of drug-likeness (QED) is 0.820. The van der Waals surface area contributed by atoms with Crippen LogP contribution in [0, 0.1) is 11.3 Å². The predicted octanol–water partition coefficient (Wildman–Crippen LogP) is 1.71. The number of benzene rings is 1. The molecule has 0 spiro atoms. The van der Waals surface area contributed by atoms with Crippen LogP contribution >= 0.6 is 0 Å². The van der Waals surface area contributed by atoms with E-state index in [9.17, 15) is 0 Å². The fraction of sp³-hybridized carbons (Fsp3) is 0.417. The van der Waals surface area contributed by atoms with Crippen molar-refractivity contribution in [3.8, 4) is 17.6 Å². The summed E-state index contributed by atoms with van der Waals surface area (Å²) in [6.45, 7) is 2.39. The van der Waals surface area contributed by atoms with Gasteiger partial charge in [0.2, 0.25) is 0 Å². The SMILES string of the molecule is COc1ccc(OC)c(CNC(C)C#N)c1. The van der Waals surface area contributed by atoms with Gasteiger partial charge in [-0.1, -0.05) is 0 Å². The Morgan fingerprint density at radius 2 is 2.12 bits per heavy atom. The minimum Gasteiger partial charge on any atom is -0.497 e. The number of nitrogens with one attached hydrogen (secondary N) is 1. The Labute approximate surface area is 95.8 Å². The van der Waals surface area contributed by atoms with Gasteiger partial charge in [-0.15, -0.1) is 0 Å². The maximum absolute atomic E-state index is 8.67. The highest BCUT2D eigenvalue weighted by Gasteiger charge is 2.06. The Kier molecular flexibility index (Phi) is 4.62. The van der Waals surface area contributed by atoms with Gasteiger partial charge >= 0.3 is 0 Å². The number of hydrogen-bond acceptors (Lipinski definition) is 4. The molecule has 0 amide bonds. The molecule has 0 saturated carbocycles. The van der Waals surface area contributed by atoms with Crippen LogP contribution in [0.15, 0.2) is 18.2 Å². The van der Waals surface area contributed by atoms with Crippen LogP contribution < -0.4 is 14.8 Å². The van der Waals surface area contributed by atoms with E-state index in [2.05, 4.69) is 11.4 Å². The number of nitriles is 1. The van der Waals surface area contributed by atoms with E-state index < -0.39 is 0 Å². The average molecular weight is 220 g/mol. The maximum atomic E-state index is 8.67. The van der Waals surface area contributed by atoms with E-state index in [4.69, 9.17) is 14.7 Å². The van der Waals surface area contributed by atoms with Crippen molar-refractivity contribution in [3.05, 3.63) is 23.8 Å². The topological polar surface area (TPSA) is 54.3 Å². The van der Waals surface area contributed by atoms with E-state index >= 15 is 0 Å². The van der Waals surface area contributed by atoms with Gasteiger partial charge in [0.25, 0.3) is 0 Å². The lowest BCUT2D eigenvalue weighted by atomic mass is 10.2. The molecule has 0 saturated heterocycles. The van der Waals surface area contributed by atoms with Crippen molar-refractivity contribution < 1.29 is 9.47 Å². The monoisotopic (exact) mass is 220 g/mol. The molecular formula is C12H16N2O2. The fourth-order valence-corrected chi connectivity index (χ4v) is 1.33. The molecular weight excluding hydrogens is 204 g/mol. The van der Waals surface area contributed by atoms with Gasteiger partial charge in [0.05, 0.1) is 26.3 Å². The summed E-state index contributed by atoms with van der Waals surface area (Å²) in [5, 5.41) is 11.7. The molecule has 16 heavy (non-hydrogen) atoms. The lowest BCUT2D eigenvalue weighted by Crippen LogP contribution is -2.23. The minimum atomic E-state index is -0.184. The van der Waals surface area contributed by atoms with Gasteiger partial charge in [-0.2, -0.15) is 5.26 Å². The molecule has 0 aliphatic heterocycles. The minimum absolute atomic E-state index is 0.184. The summed E-state index contributed by atoms with van der Waals surface area (Å²) in [6, 6.07) is 7.53. The average Bonchev–Trinajstić information content (AvgIpc) is 2.35. The molecule has 0 heterocycles. The molecule has 1 rings (SSSR count). The molecule has 1 aromatic rings. The van der Waals surface area contributed by atoms with E-state index in [1.54, 1.807) is 14.2 Å². The number of methoxy groups -OCH3 is 2. The van der Waals surface area contributed by atoms with Crippen LogP contribution in [0.2, 0.25) is 0 Å². The van der Waals surface area contributed by atoms with Crippen molar-refractivity contribution in [3.63, 3.8) is 0 Å². The molecule has 0 aliphatic rings. The zero-order valence-corrected chi connectivity index (χ0v) is 9.78. The highest BCUT2D eigenvalue weighted by Crippen LogP contribution is 2.23. The van der Waals surface area contributed by atoms with Crippen molar-refractivity contribution in [1.29, 1.82) is 5.26 Å². The lowest BCUT2D eigenvalue weighted by Gasteiger charge is -2.12. The summed E-state index contributed by atoms with van der Waals surface area (Å²) in [7, 11) is 3.25. The Bertz CT molecular complexity index is 385. The third kappa shape index (κ3) is 3.14. The summed E-state index contributed by atoms with van der Waals surface area (Å²) in [5.41, 5.74) is 0.976. The van der Waals surface area contributed by atoms with Crippen molar-refractivity contribution in [1.82, 2.24) is 5.32 Å². The normalized spacial score (nSPS) is 11.6. The second-order valence-corrected chi connectivity index (χ2v) is 3.41. The smallest absolute Gasteiger partial charge is 0.123 e. The zero-order valence-electron chi connectivity index (χ0n) is 9.78. The summed E-state index contributed by atoms with van der Waals surface area (Å²) < 4.78 is 10.4. The van der Waals surface area contributed by atoms with Crippen LogP contribution in [0.3, 0.4) is 0 Å². The number of hydrogen-bond donors (Lipinski definition) is 1. The molecule has 1 N–H and O–H groups in total. The fourth-order valence-electron chi connectivity index (χ4n) is 1.33. The van der Waals surface area contributed by atoms with Crippen molar-refractivity contribution in [2.45, 2.75) is 19.5 Å². The van der Waals surface area contributed by atoms with Gasteiger partial charge < -0.3 is 9.47 Å². The molecule has 4 nitrogen and oxygen atoms in total. The van der Waals surface area contributed by atoms with Gasteiger partial charge in [-0.3, -0.25) is 5.32 Å². The summed E-state index contributed by atoms with van der Waals surface area (Å²) in [4.78, 5) is 0. The Morgan fingerprint density at radius 3 is 2.69 bits per heavy atom. The highest BCUT2D eigenvalue weighted by atomic mass is 16.5. The molecule has 0 aromatic heterocycles. The Morgan fingerprint density at radius 1 is 1.38 bits per heavy atom. The van der Waals surface area contributed by atoms with E-state index in [0.717, 1.165) is 17.1 Å². The molecule has 1 atom stereocenters. The van der Waals surface area contributed by atoms with Gasteiger partial charge in [-0.05, 0) is 25.1 Å². The standard InChI is InChI=1S/C12H16N2O2/c1-9(7-13)14-8-10-6-11(15-2)4-5-12(10)16-3/h4-6,9,14H,8H2,1-3H3. The summed E-state index contributed by atoms with van der Waals surface area (Å²) >= 11 is 0. The Balaban J connectivity index is 2.79. The van der Waals surface area contributed by atoms with Crippen LogP contribution in [-0.4, -0.2) is 20.3 Å². The third-order valence-electron chi connectivity index (χ3n) is 2.28. The van der Waals surface area contributed by atoms with Crippen LogP contribution in [0.25, 0.3) is 0 Å². The van der Waals surface area contributed by atoms with E-state index in [1.165, 1.54) is 0 Å². The number of ether oxygens (including phenoxy) is 2. The zero-order chi connectivity index (χ0) is 12.0. The maximum Gasteiger partial charge on any atom is 0.123 e. The van der Waals surface area contributed by atoms with Gasteiger partial charge in [0, 0.05) is 12.1 Å².